The summed E-state index contributed by atoms with van der Waals surface area (Å²) in [7, 11) is 0. The number of hydrogen-bond donors (Lipinski definition) is 1. The lowest BCUT2D eigenvalue weighted by Gasteiger charge is -2.37. The second-order valence-corrected chi connectivity index (χ2v) is 5.55. The van der Waals surface area contributed by atoms with Crippen LogP contribution in [0.15, 0.2) is 16.8 Å². The highest BCUT2D eigenvalue weighted by atomic mass is 32.1. The van der Waals surface area contributed by atoms with Crippen molar-refractivity contribution in [2.24, 2.45) is 0 Å². The third-order valence-electron chi connectivity index (χ3n) is 3.25. The van der Waals surface area contributed by atoms with Crippen LogP contribution in [0.4, 0.5) is 0 Å². The van der Waals surface area contributed by atoms with Crippen LogP contribution < -0.4 is 0 Å². The zero-order valence-corrected chi connectivity index (χ0v) is 10.6. The highest BCUT2D eigenvalue weighted by molar-refractivity contribution is 7.07. The first-order valence-electron chi connectivity index (χ1n) is 6.07. The molecule has 0 radical (unpaired) electrons. The average Bonchev–Trinajstić information content (AvgIpc) is 2.70. The zero-order valence-electron chi connectivity index (χ0n) is 9.82. The molecule has 2 unspecified atom stereocenters. The van der Waals surface area contributed by atoms with Gasteiger partial charge in [0.15, 0.2) is 0 Å². The van der Waals surface area contributed by atoms with Gasteiger partial charge in [-0.3, -0.25) is 0 Å². The van der Waals surface area contributed by atoms with Crippen molar-refractivity contribution in [1.29, 1.82) is 0 Å². The molecule has 16 heavy (non-hydrogen) atoms. The lowest BCUT2D eigenvalue weighted by Crippen LogP contribution is -2.42. The topological polar surface area (TPSA) is 29.5 Å². The maximum Gasteiger partial charge on any atom is 0.0734 e. The van der Waals surface area contributed by atoms with E-state index in [1.807, 2.05) is 0 Å². The maximum absolute atomic E-state index is 10.6. The number of ether oxygens (including phenoxy) is 1. The summed E-state index contributed by atoms with van der Waals surface area (Å²) in [5, 5.41) is 14.8. The van der Waals surface area contributed by atoms with Crippen molar-refractivity contribution in [3.05, 3.63) is 22.4 Å². The van der Waals surface area contributed by atoms with Gasteiger partial charge in [0.1, 0.15) is 0 Å². The van der Waals surface area contributed by atoms with Crippen molar-refractivity contribution < 1.29 is 9.84 Å². The quantitative estimate of drug-likeness (QED) is 0.876. The average molecular weight is 240 g/mol. The molecule has 1 saturated heterocycles. The van der Waals surface area contributed by atoms with E-state index in [9.17, 15) is 5.11 Å². The third kappa shape index (κ3) is 3.06. The summed E-state index contributed by atoms with van der Waals surface area (Å²) >= 11 is 1.70. The van der Waals surface area contributed by atoms with E-state index in [0.717, 1.165) is 32.1 Å². The van der Waals surface area contributed by atoms with Crippen LogP contribution in [-0.4, -0.2) is 23.4 Å². The highest BCUT2D eigenvalue weighted by Gasteiger charge is 2.34. The summed E-state index contributed by atoms with van der Waals surface area (Å²) in [5.41, 5.74) is 0.712. The van der Waals surface area contributed by atoms with Gasteiger partial charge in [-0.2, -0.15) is 11.3 Å². The van der Waals surface area contributed by atoms with E-state index in [1.165, 1.54) is 5.56 Å². The number of aliphatic hydroxyl groups is 1. The minimum absolute atomic E-state index is 0.252. The summed E-state index contributed by atoms with van der Waals surface area (Å²) in [4.78, 5) is 0. The molecule has 1 aromatic heterocycles. The summed E-state index contributed by atoms with van der Waals surface area (Å²) in [5.74, 6) is 0. The largest absolute Gasteiger partial charge is 0.389 e. The molecule has 0 amide bonds. The van der Waals surface area contributed by atoms with Gasteiger partial charge >= 0.3 is 0 Å². The summed E-state index contributed by atoms with van der Waals surface area (Å²) in [6.07, 6.45) is 4.77. The van der Waals surface area contributed by atoms with Crippen LogP contribution in [0.5, 0.6) is 0 Å². The molecule has 2 rings (SSSR count). The van der Waals surface area contributed by atoms with Gasteiger partial charge in [0.2, 0.25) is 0 Å². The van der Waals surface area contributed by atoms with Crippen LogP contribution in [0.1, 0.15) is 38.2 Å². The molecule has 2 nitrogen and oxygen atoms in total. The second-order valence-electron chi connectivity index (χ2n) is 4.77. The summed E-state index contributed by atoms with van der Waals surface area (Å²) < 4.78 is 5.68. The fourth-order valence-electron chi connectivity index (χ4n) is 2.44. The van der Waals surface area contributed by atoms with Crippen LogP contribution in [-0.2, 0) is 11.2 Å². The number of thiophene rings is 1. The van der Waals surface area contributed by atoms with Gasteiger partial charge in [-0.05, 0) is 35.2 Å². The fraction of sp³-hybridized carbons (Fsp3) is 0.692. The summed E-state index contributed by atoms with van der Waals surface area (Å²) in [6, 6.07) is 2.10. The lowest BCUT2D eigenvalue weighted by atomic mass is 9.84. The third-order valence-corrected chi connectivity index (χ3v) is 3.98. The van der Waals surface area contributed by atoms with Gasteiger partial charge in [-0.25, -0.2) is 0 Å². The molecule has 0 spiro atoms. The molecule has 90 valence electrons. The molecular formula is C13H20O2S. The predicted octanol–water partition coefficient (Wildman–Crippen LogP) is 3.00. The fourth-order valence-corrected chi connectivity index (χ4v) is 3.11. The number of rotatable bonds is 4. The van der Waals surface area contributed by atoms with E-state index in [-0.39, 0.29) is 6.10 Å². The van der Waals surface area contributed by atoms with Gasteiger partial charge < -0.3 is 9.84 Å². The van der Waals surface area contributed by atoms with Crippen LogP contribution >= 0.6 is 11.3 Å². The van der Waals surface area contributed by atoms with E-state index in [0.29, 0.717) is 6.61 Å². The molecule has 0 bridgehead atoms. The SMILES string of the molecule is CCCC1CC(O)(Cc2ccsc2)CCO1. The zero-order chi connectivity index (χ0) is 11.4. The normalized spacial score (nSPS) is 30.5. The van der Waals surface area contributed by atoms with Crippen LogP contribution in [0, 0.1) is 0 Å². The Morgan fingerprint density at radius 1 is 1.62 bits per heavy atom. The van der Waals surface area contributed by atoms with E-state index in [1.54, 1.807) is 11.3 Å². The highest BCUT2D eigenvalue weighted by Crippen LogP contribution is 2.30. The van der Waals surface area contributed by atoms with Gasteiger partial charge in [0.25, 0.3) is 0 Å². The Morgan fingerprint density at radius 3 is 3.19 bits per heavy atom. The van der Waals surface area contributed by atoms with Crippen molar-refractivity contribution in [3.63, 3.8) is 0 Å². The minimum Gasteiger partial charge on any atom is -0.389 e. The van der Waals surface area contributed by atoms with Crippen molar-refractivity contribution in [2.45, 2.75) is 50.7 Å². The van der Waals surface area contributed by atoms with Crippen LogP contribution in [0.25, 0.3) is 0 Å². The lowest BCUT2D eigenvalue weighted by molar-refractivity contribution is -0.104. The van der Waals surface area contributed by atoms with Gasteiger partial charge in [-0.15, -0.1) is 0 Å². The Balaban J connectivity index is 1.95. The Kier molecular flexibility index (Phi) is 4.00. The molecule has 2 heterocycles. The molecule has 1 aliphatic heterocycles. The summed E-state index contributed by atoms with van der Waals surface area (Å²) in [6.45, 7) is 2.86. The number of hydrogen-bond acceptors (Lipinski definition) is 3. The molecular weight excluding hydrogens is 220 g/mol. The van der Waals surface area contributed by atoms with Crippen molar-refractivity contribution >= 4 is 11.3 Å². The Morgan fingerprint density at radius 2 is 2.50 bits per heavy atom. The van der Waals surface area contributed by atoms with Gasteiger partial charge in [0.05, 0.1) is 11.7 Å². The Bertz CT molecular complexity index is 308. The van der Waals surface area contributed by atoms with Crippen LogP contribution in [0.3, 0.4) is 0 Å². The van der Waals surface area contributed by atoms with E-state index >= 15 is 0 Å². The smallest absolute Gasteiger partial charge is 0.0734 e. The predicted molar refractivity (Wildman–Crippen MR) is 66.9 cm³/mol. The first-order chi connectivity index (χ1) is 7.72. The first-order valence-corrected chi connectivity index (χ1v) is 7.01. The molecule has 1 aliphatic rings. The monoisotopic (exact) mass is 240 g/mol. The van der Waals surface area contributed by atoms with Gasteiger partial charge in [-0.1, -0.05) is 13.3 Å². The Hall–Kier alpha value is -0.380. The van der Waals surface area contributed by atoms with Crippen molar-refractivity contribution in [3.8, 4) is 0 Å². The molecule has 1 N–H and O–H groups in total. The van der Waals surface area contributed by atoms with E-state index in [2.05, 4.69) is 23.8 Å². The minimum atomic E-state index is -0.542. The van der Waals surface area contributed by atoms with Crippen molar-refractivity contribution in [1.82, 2.24) is 0 Å². The van der Waals surface area contributed by atoms with E-state index in [4.69, 9.17) is 4.74 Å². The van der Waals surface area contributed by atoms with E-state index < -0.39 is 5.60 Å². The van der Waals surface area contributed by atoms with Gasteiger partial charge in [0, 0.05) is 19.4 Å². The molecule has 1 fully saturated rings. The molecule has 1 aromatic rings. The molecule has 3 heteroatoms. The second kappa shape index (κ2) is 5.30. The Labute approximate surface area is 101 Å². The standard InChI is InChI=1S/C13H20O2S/c1-2-3-12-9-13(14,5-6-15-12)8-11-4-7-16-10-11/h4,7,10,12,14H,2-3,5-6,8-9H2,1H3. The molecule has 0 saturated carbocycles. The first kappa shape index (κ1) is 12.1. The van der Waals surface area contributed by atoms with Crippen molar-refractivity contribution in [2.75, 3.05) is 6.61 Å². The molecule has 0 aliphatic carbocycles. The maximum atomic E-state index is 10.6. The van der Waals surface area contributed by atoms with Crippen LogP contribution in [0.2, 0.25) is 0 Å². The molecule has 2 atom stereocenters. The molecule has 0 aromatic carbocycles.